The van der Waals surface area contributed by atoms with Gasteiger partial charge in [0, 0.05) is 18.6 Å². The molecule has 0 bridgehead atoms. The van der Waals surface area contributed by atoms with Crippen molar-refractivity contribution in [2.24, 2.45) is 0 Å². The first-order chi connectivity index (χ1) is 7.77. The van der Waals surface area contributed by atoms with Crippen molar-refractivity contribution in [3.8, 4) is 0 Å². The molecule has 0 aromatic heterocycles. The van der Waals surface area contributed by atoms with Gasteiger partial charge in [-0.1, -0.05) is 12.1 Å². The second-order valence-electron chi connectivity index (χ2n) is 3.07. The first kappa shape index (κ1) is 13.3. The topological polar surface area (TPSA) is 33.3 Å². The van der Waals surface area contributed by atoms with E-state index in [0.717, 1.165) is 5.69 Å². The highest BCUT2D eigenvalue weighted by molar-refractivity contribution is 7.98. The Morgan fingerprint density at radius 1 is 1.44 bits per heavy atom. The number of anilines is 1. The number of nitrogens with one attached hydrogen (secondary N) is 2. The number of thiocarbonyl (C=S) groups is 1. The molecule has 5 heteroatoms. The van der Waals surface area contributed by atoms with E-state index in [0.29, 0.717) is 18.3 Å². The minimum atomic E-state index is 0.624. The zero-order chi connectivity index (χ0) is 11.8. The van der Waals surface area contributed by atoms with Crippen LogP contribution in [0.5, 0.6) is 0 Å². The molecule has 0 fully saturated rings. The van der Waals surface area contributed by atoms with Crippen molar-refractivity contribution in [1.29, 1.82) is 0 Å². The Hall–Kier alpha value is -0.780. The summed E-state index contributed by atoms with van der Waals surface area (Å²) in [6.07, 6.45) is 2.04. The van der Waals surface area contributed by atoms with Gasteiger partial charge in [0.2, 0.25) is 0 Å². The van der Waals surface area contributed by atoms with Crippen LogP contribution in [0.1, 0.15) is 0 Å². The maximum Gasteiger partial charge on any atom is 0.170 e. The first-order valence-electron chi connectivity index (χ1n) is 4.94. The predicted molar refractivity (Wildman–Crippen MR) is 74.3 cm³/mol. The molecule has 0 aliphatic heterocycles. The van der Waals surface area contributed by atoms with E-state index in [-0.39, 0.29) is 0 Å². The van der Waals surface area contributed by atoms with Crippen LogP contribution in [-0.4, -0.2) is 31.6 Å². The highest BCUT2D eigenvalue weighted by Gasteiger charge is 2.01. The molecule has 0 saturated carbocycles. The van der Waals surface area contributed by atoms with E-state index in [1.807, 2.05) is 24.5 Å². The van der Waals surface area contributed by atoms with Crippen LogP contribution in [0.15, 0.2) is 29.2 Å². The van der Waals surface area contributed by atoms with Crippen LogP contribution in [0, 0.1) is 0 Å². The molecule has 88 valence electrons. The van der Waals surface area contributed by atoms with Crippen LogP contribution in [0.25, 0.3) is 0 Å². The molecule has 2 N–H and O–H groups in total. The van der Waals surface area contributed by atoms with E-state index in [2.05, 4.69) is 16.7 Å². The Kier molecular flexibility index (Phi) is 6.22. The standard InChI is InChI=1S/C11H16N2OS2/c1-14-8-7-12-11(15)13-9-5-3-4-6-10(9)16-2/h3-6H,7-8H2,1-2H3,(H2,12,13,15). The molecule has 0 unspecified atom stereocenters. The molecule has 3 nitrogen and oxygen atoms in total. The maximum atomic E-state index is 5.17. The van der Waals surface area contributed by atoms with Gasteiger partial charge in [-0.15, -0.1) is 11.8 Å². The number of para-hydroxylation sites is 1. The highest BCUT2D eigenvalue weighted by atomic mass is 32.2. The van der Waals surface area contributed by atoms with Gasteiger partial charge in [0.15, 0.2) is 5.11 Å². The molecule has 0 aliphatic rings. The van der Waals surface area contributed by atoms with Gasteiger partial charge in [-0.05, 0) is 30.6 Å². The van der Waals surface area contributed by atoms with Crippen LogP contribution in [0.4, 0.5) is 5.69 Å². The number of benzene rings is 1. The van der Waals surface area contributed by atoms with Crippen LogP contribution in [0.2, 0.25) is 0 Å². The van der Waals surface area contributed by atoms with Crippen molar-refractivity contribution in [3.05, 3.63) is 24.3 Å². The molecular weight excluding hydrogens is 240 g/mol. The normalized spacial score (nSPS) is 9.88. The molecule has 0 aliphatic carbocycles. The number of rotatable bonds is 5. The summed E-state index contributed by atoms with van der Waals surface area (Å²) in [5.74, 6) is 0. The zero-order valence-corrected chi connectivity index (χ0v) is 11.1. The molecular formula is C11H16N2OS2. The van der Waals surface area contributed by atoms with Crippen molar-refractivity contribution in [2.75, 3.05) is 31.8 Å². The van der Waals surface area contributed by atoms with E-state index in [1.54, 1.807) is 18.9 Å². The number of hydrogen-bond acceptors (Lipinski definition) is 3. The van der Waals surface area contributed by atoms with Gasteiger partial charge in [0.25, 0.3) is 0 Å². The maximum absolute atomic E-state index is 5.17. The largest absolute Gasteiger partial charge is 0.383 e. The number of hydrogen-bond donors (Lipinski definition) is 2. The van der Waals surface area contributed by atoms with Crippen molar-refractivity contribution >= 4 is 34.8 Å². The van der Waals surface area contributed by atoms with Crippen molar-refractivity contribution in [3.63, 3.8) is 0 Å². The van der Waals surface area contributed by atoms with Crippen molar-refractivity contribution in [1.82, 2.24) is 5.32 Å². The van der Waals surface area contributed by atoms with E-state index < -0.39 is 0 Å². The molecule has 0 atom stereocenters. The smallest absolute Gasteiger partial charge is 0.170 e. The predicted octanol–water partition coefficient (Wildman–Crippen LogP) is 2.34. The van der Waals surface area contributed by atoms with E-state index in [1.165, 1.54) is 4.90 Å². The monoisotopic (exact) mass is 256 g/mol. The molecule has 0 radical (unpaired) electrons. The average Bonchev–Trinajstić information content (AvgIpc) is 2.30. The summed E-state index contributed by atoms with van der Waals surface area (Å²) in [6, 6.07) is 8.07. The fraction of sp³-hybridized carbons (Fsp3) is 0.364. The summed E-state index contributed by atoms with van der Waals surface area (Å²) in [6.45, 7) is 1.36. The summed E-state index contributed by atoms with van der Waals surface area (Å²) in [4.78, 5) is 1.18. The van der Waals surface area contributed by atoms with Crippen LogP contribution < -0.4 is 10.6 Å². The van der Waals surface area contributed by atoms with Gasteiger partial charge in [0.05, 0.1) is 12.3 Å². The van der Waals surface area contributed by atoms with Gasteiger partial charge in [-0.25, -0.2) is 0 Å². The molecule has 16 heavy (non-hydrogen) atoms. The minimum Gasteiger partial charge on any atom is -0.383 e. The second kappa shape index (κ2) is 7.49. The lowest BCUT2D eigenvalue weighted by Crippen LogP contribution is -2.31. The third-order valence-electron chi connectivity index (χ3n) is 1.95. The Labute approximate surface area is 106 Å². The Morgan fingerprint density at radius 3 is 2.88 bits per heavy atom. The number of methoxy groups -OCH3 is 1. The summed E-state index contributed by atoms with van der Waals surface area (Å²) in [5, 5.41) is 6.86. The van der Waals surface area contributed by atoms with Crippen LogP contribution >= 0.6 is 24.0 Å². The molecule has 0 heterocycles. The average molecular weight is 256 g/mol. The fourth-order valence-electron chi connectivity index (χ4n) is 1.18. The van der Waals surface area contributed by atoms with Gasteiger partial charge in [-0.3, -0.25) is 0 Å². The Morgan fingerprint density at radius 2 is 2.19 bits per heavy atom. The summed E-state index contributed by atoms with van der Waals surface area (Å²) in [5.41, 5.74) is 1.03. The van der Waals surface area contributed by atoms with Crippen LogP contribution in [-0.2, 0) is 4.74 Å². The van der Waals surface area contributed by atoms with Gasteiger partial charge in [-0.2, -0.15) is 0 Å². The number of thioether (sulfide) groups is 1. The molecule has 0 spiro atoms. The van der Waals surface area contributed by atoms with Gasteiger partial charge in [0.1, 0.15) is 0 Å². The van der Waals surface area contributed by atoms with Crippen molar-refractivity contribution < 1.29 is 4.74 Å². The summed E-state index contributed by atoms with van der Waals surface area (Å²) < 4.78 is 4.93. The Balaban J connectivity index is 2.49. The SMILES string of the molecule is COCCNC(=S)Nc1ccccc1SC. The first-order valence-corrected chi connectivity index (χ1v) is 6.58. The van der Waals surface area contributed by atoms with Crippen molar-refractivity contribution in [2.45, 2.75) is 4.90 Å². The third kappa shape index (κ3) is 4.38. The molecule has 0 amide bonds. The molecule has 0 saturated heterocycles. The molecule has 1 rings (SSSR count). The van der Waals surface area contributed by atoms with Gasteiger partial charge >= 0.3 is 0 Å². The van der Waals surface area contributed by atoms with E-state index in [4.69, 9.17) is 17.0 Å². The molecule has 1 aromatic rings. The lowest BCUT2D eigenvalue weighted by Gasteiger charge is -2.12. The zero-order valence-electron chi connectivity index (χ0n) is 9.45. The third-order valence-corrected chi connectivity index (χ3v) is 2.99. The fourth-order valence-corrected chi connectivity index (χ4v) is 1.95. The number of ether oxygens (including phenoxy) is 1. The van der Waals surface area contributed by atoms with E-state index in [9.17, 15) is 0 Å². The summed E-state index contributed by atoms with van der Waals surface area (Å²) in [7, 11) is 1.67. The molecule has 1 aromatic carbocycles. The van der Waals surface area contributed by atoms with Gasteiger partial charge < -0.3 is 15.4 Å². The Bertz CT molecular complexity index is 345. The van der Waals surface area contributed by atoms with E-state index >= 15 is 0 Å². The van der Waals surface area contributed by atoms with Crippen LogP contribution in [0.3, 0.4) is 0 Å². The quantitative estimate of drug-likeness (QED) is 0.480. The summed E-state index contributed by atoms with van der Waals surface area (Å²) >= 11 is 6.86. The minimum absolute atomic E-state index is 0.624. The lowest BCUT2D eigenvalue weighted by atomic mass is 10.3. The highest BCUT2D eigenvalue weighted by Crippen LogP contribution is 2.24. The second-order valence-corrected chi connectivity index (χ2v) is 4.33. The lowest BCUT2D eigenvalue weighted by molar-refractivity contribution is 0.204.